The highest BCUT2D eigenvalue weighted by Gasteiger charge is 2.66. The molecule has 0 bridgehead atoms. The Morgan fingerprint density at radius 1 is 1.14 bits per heavy atom. The van der Waals surface area contributed by atoms with E-state index in [2.05, 4.69) is 6.92 Å². The van der Waals surface area contributed by atoms with Gasteiger partial charge in [-0.1, -0.05) is 29.7 Å². The zero-order valence-corrected chi connectivity index (χ0v) is 22.9. The highest BCUT2D eigenvalue weighted by Crippen LogP contribution is 2.65. The van der Waals surface area contributed by atoms with Crippen molar-refractivity contribution in [3.8, 4) is 0 Å². The van der Waals surface area contributed by atoms with Crippen LogP contribution in [0.1, 0.15) is 86.5 Å². The molecule has 202 valence electrons. The van der Waals surface area contributed by atoms with E-state index in [0.717, 1.165) is 24.8 Å². The maximum Gasteiger partial charge on any atom is 0.311 e. The fourth-order valence-corrected chi connectivity index (χ4v) is 7.09. The van der Waals surface area contributed by atoms with Crippen LogP contribution in [0.25, 0.3) is 0 Å². The number of fused-ring (bicyclic) bond motifs is 4. The molecule has 5 atom stereocenters. The Labute approximate surface area is 219 Å². The number of carbonyl (C=O) groups is 4. The first-order valence-electron chi connectivity index (χ1n) is 13.4. The molecule has 37 heavy (non-hydrogen) atoms. The van der Waals surface area contributed by atoms with Gasteiger partial charge in [-0.15, -0.1) is 0 Å². The van der Waals surface area contributed by atoms with Gasteiger partial charge in [-0.2, -0.15) is 0 Å². The zero-order valence-electron chi connectivity index (χ0n) is 22.9. The zero-order chi connectivity index (χ0) is 27.4. The van der Waals surface area contributed by atoms with E-state index in [1.165, 1.54) is 18.1 Å². The molecule has 4 aliphatic rings. The molecule has 0 heterocycles. The quantitative estimate of drug-likeness (QED) is 0.410. The Hall–Kier alpha value is -2.54. The highest BCUT2D eigenvalue weighted by molar-refractivity contribution is 6.01. The van der Waals surface area contributed by atoms with Crippen LogP contribution in [0, 0.1) is 22.2 Å². The van der Waals surface area contributed by atoms with Crippen LogP contribution in [0.5, 0.6) is 0 Å². The molecule has 0 saturated heterocycles. The van der Waals surface area contributed by atoms with Crippen LogP contribution in [-0.2, 0) is 28.7 Å². The Morgan fingerprint density at radius 2 is 1.84 bits per heavy atom. The first-order chi connectivity index (χ1) is 17.1. The van der Waals surface area contributed by atoms with Crippen LogP contribution in [0.15, 0.2) is 34.9 Å². The number of ether oxygens (including phenoxy) is 2. The van der Waals surface area contributed by atoms with Crippen LogP contribution in [0.4, 0.5) is 0 Å². The molecule has 1 saturated carbocycles. The van der Waals surface area contributed by atoms with Crippen molar-refractivity contribution in [1.29, 1.82) is 0 Å². The van der Waals surface area contributed by atoms with Crippen LogP contribution < -0.4 is 0 Å². The Morgan fingerprint density at radius 3 is 2.49 bits per heavy atom. The van der Waals surface area contributed by atoms with Gasteiger partial charge < -0.3 is 14.6 Å². The largest absolute Gasteiger partial charge is 0.457 e. The summed E-state index contributed by atoms with van der Waals surface area (Å²) in [5.74, 6) is -1.46. The van der Waals surface area contributed by atoms with E-state index >= 15 is 0 Å². The molecule has 0 aromatic heterocycles. The molecule has 0 amide bonds. The number of ketones is 2. The molecule has 1 fully saturated rings. The molecule has 1 unspecified atom stereocenters. The van der Waals surface area contributed by atoms with Crippen LogP contribution >= 0.6 is 0 Å². The van der Waals surface area contributed by atoms with Gasteiger partial charge in [-0.25, -0.2) is 0 Å². The van der Waals surface area contributed by atoms with Gasteiger partial charge in [-0.05, 0) is 91.2 Å². The maximum absolute atomic E-state index is 13.9. The van der Waals surface area contributed by atoms with Crippen molar-refractivity contribution >= 4 is 23.5 Å². The summed E-state index contributed by atoms with van der Waals surface area (Å²) in [7, 11) is 0. The Bertz CT molecular complexity index is 1120. The van der Waals surface area contributed by atoms with E-state index in [4.69, 9.17) is 9.47 Å². The number of Topliss-reactive ketones (excluding diaryl/α,β-unsaturated/α-hetero) is 1. The predicted octanol–water partition coefficient (Wildman–Crippen LogP) is 4.57. The summed E-state index contributed by atoms with van der Waals surface area (Å²) in [4.78, 5) is 51.2. The average Bonchev–Trinajstić information content (AvgIpc) is 3.09. The second kappa shape index (κ2) is 9.33. The Kier molecular flexibility index (Phi) is 6.94. The van der Waals surface area contributed by atoms with Crippen LogP contribution in [-0.4, -0.2) is 46.9 Å². The molecule has 0 spiro atoms. The van der Waals surface area contributed by atoms with Gasteiger partial charge >= 0.3 is 11.9 Å². The number of aliphatic hydroxyl groups excluding tert-OH is 1. The second-order valence-electron chi connectivity index (χ2n) is 12.7. The molecule has 4 rings (SSSR count). The van der Waals surface area contributed by atoms with E-state index in [9.17, 15) is 24.3 Å². The van der Waals surface area contributed by atoms with Crippen molar-refractivity contribution < 1.29 is 33.8 Å². The molecule has 0 aromatic rings. The van der Waals surface area contributed by atoms with E-state index < -0.39 is 46.9 Å². The van der Waals surface area contributed by atoms with E-state index in [1.54, 1.807) is 32.9 Å². The standard InChI is InChI=1S/C30H40O7/c1-18(31)15-25(34)37-30(24(33)17-36-26(35)27(2,3)4)14-11-23-21-8-7-19-16-20(32)9-12-28(19,5)22(21)10-13-29(23,30)6/h9,12,16,18,23,31H,7-8,10-11,13-15,17H2,1-6H3/t18?,23-,28-,29-,30-/m0/s1. The summed E-state index contributed by atoms with van der Waals surface area (Å²) >= 11 is 0. The lowest BCUT2D eigenvalue weighted by atomic mass is 9.53. The van der Waals surface area contributed by atoms with Gasteiger partial charge in [0.1, 0.15) is 0 Å². The SMILES string of the molecule is CC(O)CC(=O)O[C@]1(C(=O)COC(=O)C(C)(C)C)CC[C@H]2C3=C(CC[C@@]21C)[C@@]1(C)C=CC(=O)C=C1CC3. The van der Waals surface area contributed by atoms with Gasteiger partial charge in [0.05, 0.1) is 17.9 Å². The third-order valence-corrected chi connectivity index (χ3v) is 9.18. The van der Waals surface area contributed by atoms with Gasteiger partial charge in [-0.3, -0.25) is 19.2 Å². The van der Waals surface area contributed by atoms with Crippen molar-refractivity contribution in [3.05, 3.63) is 34.9 Å². The van der Waals surface area contributed by atoms with Gasteiger partial charge in [0.25, 0.3) is 0 Å². The highest BCUT2D eigenvalue weighted by atomic mass is 16.6. The summed E-state index contributed by atoms with van der Waals surface area (Å²) in [6, 6.07) is 0. The van der Waals surface area contributed by atoms with Crippen LogP contribution in [0.3, 0.4) is 0 Å². The van der Waals surface area contributed by atoms with Crippen molar-refractivity contribution in [2.75, 3.05) is 6.61 Å². The van der Waals surface area contributed by atoms with Gasteiger partial charge in [0.15, 0.2) is 18.0 Å². The van der Waals surface area contributed by atoms with Gasteiger partial charge in [0, 0.05) is 10.8 Å². The first kappa shape index (κ1) is 27.5. The van der Waals surface area contributed by atoms with E-state index in [0.29, 0.717) is 19.3 Å². The number of rotatable bonds is 6. The monoisotopic (exact) mass is 512 g/mol. The summed E-state index contributed by atoms with van der Waals surface area (Å²) in [5.41, 5.74) is 0.589. The lowest BCUT2D eigenvalue weighted by Crippen LogP contribution is -2.57. The molecule has 4 aliphatic carbocycles. The van der Waals surface area contributed by atoms with Crippen molar-refractivity contribution in [1.82, 2.24) is 0 Å². The molecule has 7 nitrogen and oxygen atoms in total. The van der Waals surface area contributed by atoms with E-state index in [1.807, 2.05) is 13.0 Å². The minimum atomic E-state index is -1.43. The summed E-state index contributed by atoms with van der Waals surface area (Å²) in [5, 5.41) is 9.79. The summed E-state index contributed by atoms with van der Waals surface area (Å²) in [6.07, 6.45) is 8.28. The normalized spacial score (nSPS) is 33.6. The fourth-order valence-electron chi connectivity index (χ4n) is 7.09. The number of aliphatic hydroxyl groups is 1. The van der Waals surface area contributed by atoms with Crippen molar-refractivity contribution in [2.45, 2.75) is 98.2 Å². The lowest BCUT2D eigenvalue weighted by molar-refractivity contribution is -0.187. The number of hydrogen-bond acceptors (Lipinski definition) is 7. The molecule has 1 N–H and O–H groups in total. The molecule has 0 aliphatic heterocycles. The van der Waals surface area contributed by atoms with Crippen LogP contribution in [0.2, 0.25) is 0 Å². The third-order valence-electron chi connectivity index (χ3n) is 9.18. The average molecular weight is 513 g/mol. The number of hydrogen-bond donors (Lipinski definition) is 1. The van der Waals surface area contributed by atoms with Crippen molar-refractivity contribution in [3.63, 3.8) is 0 Å². The smallest absolute Gasteiger partial charge is 0.311 e. The van der Waals surface area contributed by atoms with Gasteiger partial charge in [0.2, 0.25) is 5.78 Å². The minimum absolute atomic E-state index is 0.0254. The number of carbonyl (C=O) groups excluding carboxylic acids is 4. The molecule has 0 radical (unpaired) electrons. The third kappa shape index (κ3) is 4.53. The van der Waals surface area contributed by atoms with E-state index in [-0.39, 0.29) is 23.5 Å². The molecular weight excluding hydrogens is 472 g/mol. The molecule has 0 aromatic carbocycles. The molecule has 7 heteroatoms. The number of esters is 2. The first-order valence-corrected chi connectivity index (χ1v) is 13.4. The molecular formula is C30H40O7. The topological polar surface area (TPSA) is 107 Å². The van der Waals surface area contributed by atoms with Crippen molar-refractivity contribution in [2.24, 2.45) is 22.2 Å². The summed E-state index contributed by atoms with van der Waals surface area (Å²) in [6.45, 7) is 10.4. The minimum Gasteiger partial charge on any atom is -0.457 e. The second-order valence-corrected chi connectivity index (χ2v) is 12.7. The fraction of sp³-hybridized carbons (Fsp3) is 0.667. The summed E-state index contributed by atoms with van der Waals surface area (Å²) < 4.78 is 11.5. The maximum atomic E-state index is 13.9. The Balaban J connectivity index is 1.71. The lowest BCUT2D eigenvalue weighted by Gasteiger charge is -2.52. The number of allylic oxidation sites excluding steroid dienone is 6. The predicted molar refractivity (Wildman–Crippen MR) is 137 cm³/mol.